The molecular weight excluding hydrogens is 260 g/mol. The highest BCUT2D eigenvalue weighted by molar-refractivity contribution is 5.81. The van der Waals surface area contributed by atoms with Gasteiger partial charge in [0.1, 0.15) is 5.58 Å². The Kier molecular flexibility index (Phi) is 5.83. The van der Waals surface area contributed by atoms with Gasteiger partial charge in [-0.05, 0) is 32.4 Å². The summed E-state index contributed by atoms with van der Waals surface area (Å²) < 4.78 is 5.72. The summed E-state index contributed by atoms with van der Waals surface area (Å²) in [4.78, 5) is 2.54. The molecule has 2 N–H and O–H groups in total. The number of benzene rings is 1. The van der Waals surface area contributed by atoms with Gasteiger partial charge in [0, 0.05) is 23.5 Å². The summed E-state index contributed by atoms with van der Waals surface area (Å²) in [6.45, 7) is 8.48. The molecule has 2 atom stereocenters. The molecule has 1 aromatic carbocycles. The Hall–Kier alpha value is -1.32. The van der Waals surface area contributed by atoms with E-state index in [9.17, 15) is 0 Å². The van der Waals surface area contributed by atoms with Crippen LogP contribution >= 0.6 is 0 Å². The van der Waals surface area contributed by atoms with E-state index in [1.54, 1.807) is 0 Å². The van der Waals surface area contributed by atoms with Crippen LogP contribution in [-0.4, -0.2) is 24.0 Å². The maximum atomic E-state index is 6.14. The third-order valence-electron chi connectivity index (χ3n) is 4.42. The lowest BCUT2D eigenvalue weighted by molar-refractivity contribution is 0.141. The van der Waals surface area contributed by atoms with Crippen molar-refractivity contribution in [3.05, 3.63) is 36.1 Å². The Balaban J connectivity index is 2.34. The first-order valence-corrected chi connectivity index (χ1v) is 8.14. The van der Waals surface area contributed by atoms with Crippen molar-refractivity contribution in [1.82, 2.24) is 4.90 Å². The summed E-state index contributed by atoms with van der Waals surface area (Å²) in [5, 5.41) is 1.19. The highest BCUT2D eigenvalue weighted by atomic mass is 16.3. The summed E-state index contributed by atoms with van der Waals surface area (Å²) in [7, 11) is 0. The van der Waals surface area contributed by atoms with Crippen molar-refractivity contribution >= 4 is 11.0 Å². The molecule has 0 saturated heterocycles. The van der Waals surface area contributed by atoms with Gasteiger partial charge in [-0.15, -0.1) is 0 Å². The first-order valence-electron chi connectivity index (χ1n) is 8.14. The van der Waals surface area contributed by atoms with Crippen molar-refractivity contribution in [2.75, 3.05) is 13.1 Å². The number of hydrogen-bond donors (Lipinski definition) is 1. The molecule has 0 aliphatic rings. The molecule has 0 amide bonds. The second-order valence-electron chi connectivity index (χ2n) is 5.79. The fourth-order valence-corrected chi connectivity index (χ4v) is 2.96. The number of para-hydroxylation sites is 1. The van der Waals surface area contributed by atoms with E-state index in [1.165, 1.54) is 23.8 Å². The molecule has 3 heteroatoms. The van der Waals surface area contributed by atoms with E-state index in [4.69, 9.17) is 10.2 Å². The lowest BCUT2D eigenvalue weighted by Crippen LogP contribution is -2.40. The lowest BCUT2D eigenvalue weighted by atomic mass is 10.0. The van der Waals surface area contributed by atoms with Crippen LogP contribution in [0, 0.1) is 0 Å². The van der Waals surface area contributed by atoms with E-state index < -0.39 is 0 Å². The largest absolute Gasteiger partial charge is 0.464 e. The summed E-state index contributed by atoms with van der Waals surface area (Å²) >= 11 is 0. The Labute approximate surface area is 128 Å². The minimum atomic E-state index is 0.232. The Bertz CT molecular complexity index is 549. The normalized spacial score (nSPS) is 14.7. The van der Waals surface area contributed by atoms with Crippen LogP contribution in [0.1, 0.15) is 51.6 Å². The lowest BCUT2D eigenvalue weighted by Gasteiger charge is -2.35. The van der Waals surface area contributed by atoms with Gasteiger partial charge >= 0.3 is 0 Å². The fraction of sp³-hybridized carbons (Fsp3) is 0.556. The smallest absolute Gasteiger partial charge is 0.134 e. The van der Waals surface area contributed by atoms with Crippen LogP contribution in [0.4, 0.5) is 0 Å². The highest BCUT2D eigenvalue weighted by Gasteiger charge is 2.25. The van der Waals surface area contributed by atoms with E-state index in [1.807, 2.05) is 18.4 Å². The number of nitrogens with two attached hydrogens (primary N) is 1. The van der Waals surface area contributed by atoms with Gasteiger partial charge in [-0.3, -0.25) is 4.90 Å². The van der Waals surface area contributed by atoms with Crippen LogP contribution in [-0.2, 0) is 0 Å². The zero-order valence-corrected chi connectivity index (χ0v) is 13.5. The quantitative estimate of drug-likeness (QED) is 0.786. The molecule has 3 nitrogen and oxygen atoms in total. The molecule has 0 radical (unpaired) electrons. The molecule has 2 rings (SSSR count). The third kappa shape index (κ3) is 3.47. The van der Waals surface area contributed by atoms with E-state index in [2.05, 4.69) is 37.8 Å². The van der Waals surface area contributed by atoms with Crippen LogP contribution in [0.25, 0.3) is 11.0 Å². The molecule has 0 fully saturated rings. The molecule has 0 saturated carbocycles. The maximum absolute atomic E-state index is 6.14. The molecule has 21 heavy (non-hydrogen) atoms. The van der Waals surface area contributed by atoms with E-state index in [0.29, 0.717) is 12.6 Å². The molecule has 0 aliphatic carbocycles. The zero-order chi connectivity index (χ0) is 15.2. The second kappa shape index (κ2) is 7.62. The topological polar surface area (TPSA) is 42.4 Å². The van der Waals surface area contributed by atoms with Crippen molar-refractivity contribution in [3.8, 4) is 0 Å². The second-order valence-corrected chi connectivity index (χ2v) is 5.79. The number of fused-ring (bicyclic) bond motifs is 1. The number of furan rings is 1. The van der Waals surface area contributed by atoms with Gasteiger partial charge in [0.25, 0.3) is 0 Å². The Morgan fingerprint density at radius 2 is 2.00 bits per heavy atom. The number of nitrogens with zero attached hydrogens (tertiary/aromatic N) is 1. The van der Waals surface area contributed by atoms with E-state index in [-0.39, 0.29) is 6.04 Å². The van der Waals surface area contributed by atoms with Gasteiger partial charge in [0.05, 0.1) is 12.3 Å². The molecule has 0 spiro atoms. The number of rotatable bonds is 8. The molecular formula is C18H28N2O. The molecule has 0 aliphatic heterocycles. The summed E-state index contributed by atoms with van der Waals surface area (Å²) in [6.07, 6.45) is 5.44. The van der Waals surface area contributed by atoms with Gasteiger partial charge < -0.3 is 10.2 Å². The van der Waals surface area contributed by atoms with E-state index in [0.717, 1.165) is 18.5 Å². The standard InChI is InChI=1S/C18H28N2O/c1-4-6-11-20(14(3)5-2)17(12-19)16-13-21-18-10-8-7-9-15(16)18/h7-10,13-14,17H,4-6,11-12,19H2,1-3H3. The Morgan fingerprint density at radius 1 is 1.24 bits per heavy atom. The SMILES string of the molecule is CCCCN(C(C)CC)C(CN)c1coc2ccccc12. The molecule has 1 aromatic heterocycles. The highest BCUT2D eigenvalue weighted by Crippen LogP contribution is 2.31. The molecule has 116 valence electrons. The van der Waals surface area contributed by atoms with Gasteiger partial charge in [0.2, 0.25) is 0 Å². The first-order chi connectivity index (χ1) is 10.2. The minimum Gasteiger partial charge on any atom is -0.464 e. The predicted molar refractivity (Wildman–Crippen MR) is 89.4 cm³/mol. The Morgan fingerprint density at radius 3 is 2.67 bits per heavy atom. The van der Waals surface area contributed by atoms with Crippen LogP contribution in [0.15, 0.2) is 34.9 Å². The van der Waals surface area contributed by atoms with Gasteiger partial charge in [0.15, 0.2) is 0 Å². The fourth-order valence-electron chi connectivity index (χ4n) is 2.96. The van der Waals surface area contributed by atoms with Gasteiger partial charge in [-0.25, -0.2) is 0 Å². The van der Waals surface area contributed by atoms with Crippen LogP contribution in [0.5, 0.6) is 0 Å². The third-order valence-corrected chi connectivity index (χ3v) is 4.42. The number of hydrogen-bond acceptors (Lipinski definition) is 3. The first kappa shape index (κ1) is 16.1. The van der Waals surface area contributed by atoms with Crippen molar-refractivity contribution < 1.29 is 4.42 Å². The molecule has 0 bridgehead atoms. The van der Waals surface area contributed by atoms with Gasteiger partial charge in [-0.1, -0.05) is 38.5 Å². The minimum absolute atomic E-state index is 0.232. The van der Waals surface area contributed by atoms with Gasteiger partial charge in [-0.2, -0.15) is 0 Å². The average molecular weight is 288 g/mol. The summed E-state index contributed by atoms with van der Waals surface area (Å²) in [6, 6.07) is 8.98. The summed E-state index contributed by atoms with van der Waals surface area (Å²) in [5.74, 6) is 0. The van der Waals surface area contributed by atoms with Crippen molar-refractivity contribution in [1.29, 1.82) is 0 Å². The van der Waals surface area contributed by atoms with E-state index >= 15 is 0 Å². The predicted octanol–water partition coefficient (Wildman–Crippen LogP) is 4.33. The molecule has 2 aromatic rings. The maximum Gasteiger partial charge on any atom is 0.134 e. The average Bonchev–Trinajstić information content (AvgIpc) is 2.94. The zero-order valence-electron chi connectivity index (χ0n) is 13.5. The van der Waals surface area contributed by atoms with Crippen molar-refractivity contribution in [3.63, 3.8) is 0 Å². The van der Waals surface area contributed by atoms with Crippen LogP contribution in [0.3, 0.4) is 0 Å². The molecule has 1 heterocycles. The van der Waals surface area contributed by atoms with Crippen LogP contribution < -0.4 is 5.73 Å². The van der Waals surface area contributed by atoms with Crippen molar-refractivity contribution in [2.24, 2.45) is 5.73 Å². The monoisotopic (exact) mass is 288 g/mol. The summed E-state index contributed by atoms with van der Waals surface area (Å²) in [5.41, 5.74) is 8.31. The van der Waals surface area contributed by atoms with Crippen molar-refractivity contribution in [2.45, 2.75) is 52.1 Å². The van der Waals surface area contributed by atoms with Crippen LogP contribution in [0.2, 0.25) is 0 Å². The molecule has 2 unspecified atom stereocenters. The number of unbranched alkanes of at least 4 members (excludes halogenated alkanes) is 1.